The van der Waals surface area contributed by atoms with E-state index in [0.717, 1.165) is 11.3 Å². The second-order valence-electron chi connectivity index (χ2n) is 5.50. The fourth-order valence-corrected chi connectivity index (χ4v) is 3.60. The number of hydrogen-bond acceptors (Lipinski definition) is 8. The monoisotopic (exact) mass is 407 g/mol. The van der Waals surface area contributed by atoms with E-state index in [1.165, 1.54) is 27.4 Å². The number of esters is 2. The van der Waals surface area contributed by atoms with Gasteiger partial charge in [-0.15, -0.1) is 11.3 Å². The first-order valence-electron chi connectivity index (χ1n) is 8.30. The van der Waals surface area contributed by atoms with E-state index in [-0.39, 0.29) is 27.6 Å². The van der Waals surface area contributed by atoms with Crippen LogP contribution >= 0.6 is 11.3 Å². The number of carbonyl (C=O) groups is 3. The summed E-state index contributed by atoms with van der Waals surface area (Å²) >= 11 is 0.950. The molecule has 0 atom stereocenters. The number of benzene rings is 1. The molecule has 1 N–H and O–H groups in total. The minimum Gasteiger partial charge on any atom is -0.493 e. The lowest BCUT2D eigenvalue weighted by molar-refractivity contribution is 0.0527. The van der Waals surface area contributed by atoms with E-state index in [4.69, 9.17) is 18.9 Å². The molecule has 1 amide bonds. The third-order valence-corrected chi connectivity index (χ3v) is 5.06. The van der Waals surface area contributed by atoms with Gasteiger partial charge in [-0.05, 0) is 37.6 Å². The molecule has 150 valence electrons. The molecule has 8 nitrogen and oxygen atoms in total. The summed E-state index contributed by atoms with van der Waals surface area (Å²) in [7, 11) is 4.20. The van der Waals surface area contributed by atoms with Crippen molar-refractivity contribution < 1.29 is 33.3 Å². The topological polar surface area (TPSA) is 100 Å². The summed E-state index contributed by atoms with van der Waals surface area (Å²) in [5, 5.41) is 2.87. The van der Waals surface area contributed by atoms with Crippen LogP contribution in [0.2, 0.25) is 0 Å². The Kier molecular flexibility index (Phi) is 7.00. The predicted molar refractivity (Wildman–Crippen MR) is 104 cm³/mol. The summed E-state index contributed by atoms with van der Waals surface area (Å²) in [6.45, 7) is 3.43. The highest BCUT2D eigenvalue weighted by Crippen LogP contribution is 2.35. The summed E-state index contributed by atoms with van der Waals surface area (Å²) in [6.07, 6.45) is 0. The molecule has 1 aromatic carbocycles. The number of carbonyl (C=O) groups excluding carboxylic acids is 3. The van der Waals surface area contributed by atoms with Crippen molar-refractivity contribution in [2.45, 2.75) is 13.8 Å². The van der Waals surface area contributed by atoms with Gasteiger partial charge in [0.15, 0.2) is 11.5 Å². The molecule has 0 aliphatic heterocycles. The van der Waals surface area contributed by atoms with E-state index in [1.807, 2.05) is 0 Å². The van der Waals surface area contributed by atoms with Crippen molar-refractivity contribution >= 4 is 34.2 Å². The lowest BCUT2D eigenvalue weighted by Gasteiger charge is -2.10. The van der Waals surface area contributed by atoms with Gasteiger partial charge < -0.3 is 24.3 Å². The van der Waals surface area contributed by atoms with Crippen molar-refractivity contribution in [1.29, 1.82) is 0 Å². The van der Waals surface area contributed by atoms with Crippen LogP contribution in [0.1, 0.15) is 42.9 Å². The van der Waals surface area contributed by atoms with Crippen molar-refractivity contribution in [2.75, 3.05) is 33.3 Å². The van der Waals surface area contributed by atoms with Gasteiger partial charge in [0.1, 0.15) is 9.88 Å². The number of ether oxygens (including phenoxy) is 4. The minimum atomic E-state index is -0.631. The number of hydrogen-bond donors (Lipinski definition) is 1. The predicted octanol–water partition coefficient (Wildman–Crippen LogP) is 3.29. The van der Waals surface area contributed by atoms with E-state index in [2.05, 4.69) is 5.32 Å². The summed E-state index contributed by atoms with van der Waals surface area (Å²) in [4.78, 5) is 37.3. The molecule has 2 rings (SSSR count). The zero-order chi connectivity index (χ0) is 20.8. The van der Waals surface area contributed by atoms with E-state index in [9.17, 15) is 14.4 Å². The number of thiophene rings is 1. The summed E-state index contributed by atoms with van der Waals surface area (Å²) < 4.78 is 20.2. The van der Waals surface area contributed by atoms with Gasteiger partial charge in [0.2, 0.25) is 0 Å². The largest absolute Gasteiger partial charge is 0.493 e. The van der Waals surface area contributed by atoms with Crippen LogP contribution in [0.15, 0.2) is 18.2 Å². The molecular formula is C19H21NO7S. The molecule has 0 aliphatic carbocycles. The number of methoxy groups -OCH3 is 3. The Bertz CT molecular complexity index is 904. The fraction of sp³-hybridized carbons (Fsp3) is 0.316. The summed E-state index contributed by atoms with van der Waals surface area (Å²) in [5.74, 6) is -0.845. The van der Waals surface area contributed by atoms with Crippen molar-refractivity contribution in [1.82, 2.24) is 0 Å². The molecule has 1 aromatic heterocycles. The highest BCUT2D eigenvalue weighted by atomic mass is 32.1. The number of rotatable bonds is 7. The van der Waals surface area contributed by atoms with Crippen molar-refractivity contribution in [3.8, 4) is 11.5 Å². The first-order valence-corrected chi connectivity index (χ1v) is 9.11. The van der Waals surface area contributed by atoms with Gasteiger partial charge in [0.05, 0.1) is 33.5 Å². The highest BCUT2D eigenvalue weighted by Gasteiger charge is 2.27. The molecule has 0 radical (unpaired) electrons. The molecular weight excluding hydrogens is 386 g/mol. The minimum absolute atomic E-state index is 0.126. The Hall–Kier alpha value is -3.07. The SMILES string of the molecule is CCOC(=O)c1c(NC(=O)c2ccc(OC)c(OC)c2)sc(C(=O)OC)c1C. The summed E-state index contributed by atoms with van der Waals surface area (Å²) in [5.41, 5.74) is 0.803. The van der Waals surface area contributed by atoms with Crippen LogP contribution in [0.5, 0.6) is 11.5 Å². The van der Waals surface area contributed by atoms with Crippen LogP contribution in [0.4, 0.5) is 5.00 Å². The summed E-state index contributed by atoms with van der Waals surface area (Å²) in [6, 6.07) is 4.67. The van der Waals surface area contributed by atoms with E-state index in [0.29, 0.717) is 17.1 Å². The number of anilines is 1. The lowest BCUT2D eigenvalue weighted by atomic mass is 10.1. The maximum Gasteiger partial charge on any atom is 0.348 e. The highest BCUT2D eigenvalue weighted by molar-refractivity contribution is 7.18. The molecule has 28 heavy (non-hydrogen) atoms. The van der Waals surface area contributed by atoms with Crippen molar-refractivity contribution in [3.05, 3.63) is 39.8 Å². The standard InChI is InChI=1S/C19H21NO7S/c1-6-27-18(22)14-10(2)15(19(23)26-5)28-17(14)20-16(21)11-7-8-12(24-3)13(9-11)25-4/h7-9H,6H2,1-5H3,(H,20,21). The van der Waals surface area contributed by atoms with Gasteiger partial charge >= 0.3 is 11.9 Å². The smallest absolute Gasteiger partial charge is 0.348 e. The average Bonchev–Trinajstić information content (AvgIpc) is 3.02. The molecule has 0 saturated carbocycles. The second-order valence-corrected chi connectivity index (χ2v) is 6.52. The Labute approximate surface area is 166 Å². The molecule has 0 spiro atoms. The average molecular weight is 407 g/mol. The fourth-order valence-electron chi connectivity index (χ4n) is 2.49. The molecule has 0 aliphatic rings. The van der Waals surface area contributed by atoms with Crippen LogP contribution < -0.4 is 14.8 Å². The van der Waals surface area contributed by atoms with Gasteiger partial charge in [-0.25, -0.2) is 9.59 Å². The number of nitrogens with one attached hydrogen (secondary N) is 1. The van der Waals surface area contributed by atoms with Gasteiger partial charge in [-0.1, -0.05) is 0 Å². The van der Waals surface area contributed by atoms with Gasteiger partial charge in [0.25, 0.3) is 5.91 Å². The van der Waals surface area contributed by atoms with E-state index in [1.54, 1.807) is 26.0 Å². The molecule has 0 bridgehead atoms. The Morgan fingerprint density at radius 1 is 1.04 bits per heavy atom. The first kappa shape index (κ1) is 21.2. The van der Waals surface area contributed by atoms with Gasteiger partial charge in [-0.3, -0.25) is 4.79 Å². The second kappa shape index (κ2) is 9.23. The molecule has 0 unspecified atom stereocenters. The maximum absolute atomic E-state index is 12.7. The quantitative estimate of drug-likeness (QED) is 0.703. The van der Waals surface area contributed by atoms with Crippen LogP contribution in [0, 0.1) is 6.92 Å². The molecule has 9 heteroatoms. The zero-order valence-corrected chi connectivity index (χ0v) is 17.0. The maximum atomic E-state index is 12.7. The molecule has 2 aromatic rings. The van der Waals surface area contributed by atoms with E-state index < -0.39 is 17.8 Å². The molecule has 0 saturated heterocycles. The van der Waals surface area contributed by atoms with Crippen LogP contribution in [-0.2, 0) is 9.47 Å². The third-order valence-electron chi connectivity index (χ3n) is 3.87. The van der Waals surface area contributed by atoms with Crippen LogP contribution in [-0.4, -0.2) is 45.8 Å². The third kappa shape index (κ3) is 4.25. The zero-order valence-electron chi connectivity index (χ0n) is 16.2. The number of amides is 1. The van der Waals surface area contributed by atoms with Gasteiger partial charge in [0, 0.05) is 5.56 Å². The first-order chi connectivity index (χ1) is 13.4. The Morgan fingerprint density at radius 2 is 1.71 bits per heavy atom. The normalized spacial score (nSPS) is 10.2. The Morgan fingerprint density at radius 3 is 2.29 bits per heavy atom. The Balaban J connectivity index is 2.43. The molecule has 0 fully saturated rings. The van der Waals surface area contributed by atoms with Crippen molar-refractivity contribution in [3.63, 3.8) is 0 Å². The van der Waals surface area contributed by atoms with Crippen molar-refractivity contribution in [2.24, 2.45) is 0 Å². The molecule has 1 heterocycles. The van der Waals surface area contributed by atoms with Gasteiger partial charge in [-0.2, -0.15) is 0 Å². The lowest BCUT2D eigenvalue weighted by Crippen LogP contribution is -2.15. The van der Waals surface area contributed by atoms with Crippen LogP contribution in [0.25, 0.3) is 0 Å². The van der Waals surface area contributed by atoms with Crippen LogP contribution in [0.3, 0.4) is 0 Å². The van der Waals surface area contributed by atoms with E-state index >= 15 is 0 Å².